The zero-order valence-corrected chi connectivity index (χ0v) is 18.3. The Kier molecular flexibility index (Phi) is 9.19. The van der Waals surface area contributed by atoms with Crippen LogP contribution in [0, 0.1) is 0 Å². The van der Waals surface area contributed by atoms with E-state index in [1.165, 1.54) is 24.0 Å². The molecule has 0 spiro atoms. The molecule has 5 heteroatoms. The molecule has 1 heterocycles. The molecular formula is C25H32ClNO3. The second-order valence-corrected chi connectivity index (χ2v) is 8.50. The van der Waals surface area contributed by atoms with Crippen LogP contribution in [0.4, 0.5) is 0 Å². The molecule has 0 bridgehead atoms. The van der Waals surface area contributed by atoms with Gasteiger partial charge in [-0.15, -0.1) is 0 Å². The van der Waals surface area contributed by atoms with E-state index in [1.54, 1.807) is 0 Å². The molecule has 0 aliphatic carbocycles. The van der Waals surface area contributed by atoms with Gasteiger partial charge in [-0.05, 0) is 60.9 Å². The molecule has 0 saturated carbocycles. The average molecular weight is 430 g/mol. The van der Waals surface area contributed by atoms with Crippen molar-refractivity contribution in [2.75, 3.05) is 13.1 Å². The lowest BCUT2D eigenvalue weighted by atomic mass is 10.0. The molecular weight excluding hydrogens is 398 g/mol. The van der Waals surface area contributed by atoms with E-state index in [0.717, 1.165) is 55.8 Å². The fourth-order valence-electron chi connectivity index (χ4n) is 3.98. The standard InChI is InChI=1S/C25H32ClNO3/c26-23-15-13-22(14-16-23)21-11-9-20(10-12-21)19-30-24-7-4-6-18-27(24)17-5-2-1-3-8-25(28)29/h9-16,24H,1-8,17-19H2,(H,28,29). The Morgan fingerprint density at radius 1 is 0.967 bits per heavy atom. The van der Waals surface area contributed by atoms with Crippen LogP contribution in [0.1, 0.15) is 56.9 Å². The molecule has 1 fully saturated rings. The number of carboxylic acids is 1. The molecule has 0 aromatic heterocycles. The lowest BCUT2D eigenvalue weighted by Crippen LogP contribution is -2.41. The van der Waals surface area contributed by atoms with Crippen molar-refractivity contribution in [1.82, 2.24) is 4.90 Å². The van der Waals surface area contributed by atoms with E-state index in [4.69, 9.17) is 21.4 Å². The van der Waals surface area contributed by atoms with E-state index in [2.05, 4.69) is 29.2 Å². The molecule has 1 unspecified atom stereocenters. The van der Waals surface area contributed by atoms with Crippen molar-refractivity contribution in [2.45, 2.75) is 64.2 Å². The van der Waals surface area contributed by atoms with Crippen molar-refractivity contribution in [3.63, 3.8) is 0 Å². The smallest absolute Gasteiger partial charge is 0.303 e. The molecule has 1 saturated heterocycles. The minimum absolute atomic E-state index is 0.189. The number of piperidine rings is 1. The Hall–Kier alpha value is -1.88. The Morgan fingerprint density at radius 3 is 2.33 bits per heavy atom. The van der Waals surface area contributed by atoms with Crippen molar-refractivity contribution < 1.29 is 14.6 Å². The van der Waals surface area contributed by atoms with E-state index in [0.29, 0.717) is 6.61 Å². The summed E-state index contributed by atoms with van der Waals surface area (Å²) >= 11 is 5.97. The Morgan fingerprint density at radius 2 is 1.63 bits per heavy atom. The summed E-state index contributed by atoms with van der Waals surface area (Å²) in [6.45, 7) is 2.75. The van der Waals surface area contributed by atoms with E-state index in [9.17, 15) is 4.79 Å². The van der Waals surface area contributed by atoms with Gasteiger partial charge >= 0.3 is 5.97 Å². The number of hydrogen-bond acceptors (Lipinski definition) is 3. The van der Waals surface area contributed by atoms with Gasteiger partial charge in [-0.25, -0.2) is 0 Å². The monoisotopic (exact) mass is 429 g/mol. The van der Waals surface area contributed by atoms with E-state index < -0.39 is 5.97 Å². The molecule has 1 N–H and O–H groups in total. The molecule has 162 valence electrons. The fraction of sp³-hybridized carbons (Fsp3) is 0.480. The highest BCUT2D eigenvalue weighted by atomic mass is 35.5. The maximum atomic E-state index is 10.6. The van der Waals surface area contributed by atoms with Crippen LogP contribution in [0.3, 0.4) is 0 Å². The van der Waals surface area contributed by atoms with Gasteiger partial charge in [0.2, 0.25) is 0 Å². The van der Waals surface area contributed by atoms with Crippen molar-refractivity contribution >= 4 is 17.6 Å². The number of likely N-dealkylation sites (tertiary alicyclic amines) is 1. The quantitative estimate of drug-likeness (QED) is 0.421. The maximum Gasteiger partial charge on any atom is 0.303 e. The third-order valence-corrected chi connectivity index (χ3v) is 5.97. The van der Waals surface area contributed by atoms with Gasteiger partial charge in [0.25, 0.3) is 0 Å². The summed E-state index contributed by atoms with van der Waals surface area (Å²) in [5.41, 5.74) is 3.53. The summed E-state index contributed by atoms with van der Waals surface area (Å²) in [5.74, 6) is -0.694. The van der Waals surface area contributed by atoms with Crippen LogP contribution in [-0.2, 0) is 16.1 Å². The third kappa shape index (κ3) is 7.42. The first-order valence-electron chi connectivity index (χ1n) is 11.0. The first-order valence-corrected chi connectivity index (χ1v) is 11.4. The minimum Gasteiger partial charge on any atom is -0.481 e. The number of rotatable bonds is 11. The normalized spacial score (nSPS) is 17.2. The van der Waals surface area contributed by atoms with Gasteiger partial charge in [0.15, 0.2) is 0 Å². The van der Waals surface area contributed by atoms with Gasteiger partial charge in [-0.2, -0.15) is 0 Å². The second-order valence-electron chi connectivity index (χ2n) is 8.06. The van der Waals surface area contributed by atoms with Gasteiger partial charge in [-0.3, -0.25) is 9.69 Å². The molecule has 3 rings (SSSR count). The van der Waals surface area contributed by atoms with Gasteiger partial charge in [-0.1, -0.05) is 60.8 Å². The Bertz CT molecular complexity index is 776. The van der Waals surface area contributed by atoms with Crippen molar-refractivity contribution in [3.8, 4) is 11.1 Å². The fourth-order valence-corrected chi connectivity index (χ4v) is 4.10. The van der Waals surface area contributed by atoms with Crippen LogP contribution >= 0.6 is 11.6 Å². The summed E-state index contributed by atoms with van der Waals surface area (Å²) in [6, 6.07) is 16.5. The number of nitrogens with zero attached hydrogens (tertiary/aromatic N) is 1. The molecule has 2 aromatic carbocycles. The largest absolute Gasteiger partial charge is 0.481 e. The molecule has 0 radical (unpaired) electrons. The maximum absolute atomic E-state index is 10.6. The van der Waals surface area contributed by atoms with Gasteiger partial charge in [0.05, 0.1) is 6.61 Å². The summed E-state index contributed by atoms with van der Waals surface area (Å²) < 4.78 is 6.28. The number of carboxylic acid groups (broad SMARTS) is 1. The summed E-state index contributed by atoms with van der Waals surface area (Å²) in [7, 11) is 0. The molecule has 4 nitrogen and oxygen atoms in total. The highest BCUT2D eigenvalue weighted by Crippen LogP contribution is 2.24. The van der Waals surface area contributed by atoms with Gasteiger partial charge in [0, 0.05) is 24.5 Å². The molecule has 2 aromatic rings. The van der Waals surface area contributed by atoms with Gasteiger partial charge in [0.1, 0.15) is 6.23 Å². The predicted molar refractivity (Wildman–Crippen MR) is 122 cm³/mol. The summed E-state index contributed by atoms with van der Waals surface area (Å²) in [5, 5.41) is 9.47. The van der Waals surface area contributed by atoms with Gasteiger partial charge < -0.3 is 9.84 Å². The summed E-state index contributed by atoms with van der Waals surface area (Å²) in [4.78, 5) is 13.0. The van der Waals surface area contributed by atoms with E-state index in [1.807, 2.05) is 24.3 Å². The lowest BCUT2D eigenvalue weighted by molar-refractivity contribution is -0.137. The Labute approximate surface area is 184 Å². The average Bonchev–Trinajstić information content (AvgIpc) is 2.76. The highest BCUT2D eigenvalue weighted by Gasteiger charge is 2.22. The number of halogens is 1. The number of carbonyl (C=O) groups is 1. The predicted octanol–water partition coefficient (Wildman–Crippen LogP) is 6.37. The topological polar surface area (TPSA) is 49.8 Å². The van der Waals surface area contributed by atoms with Crippen LogP contribution in [0.2, 0.25) is 5.02 Å². The third-order valence-electron chi connectivity index (χ3n) is 5.71. The van der Waals surface area contributed by atoms with Crippen LogP contribution in [0.25, 0.3) is 11.1 Å². The number of hydrogen-bond donors (Lipinski definition) is 1. The molecule has 1 atom stereocenters. The molecule has 1 aliphatic heterocycles. The molecule has 1 aliphatic rings. The first-order chi connectivity index (χ1) is 14.6. The minimum atomic E-state index is -0.694. The van der Waals surface area contributed by atoms with Crippen LogP contribution in [0.5, 0.6) is 0 Å². The van der Waals surface area contributed by atoms with Crippen molar-refractivity contribution in [1.29, 1.82) is 0 Å². The SMILES string of the molecule is O=C(O)CCCCCCN1CCCCC1OCc1ccc(-c2ccc(Cl)cc2)cc1. The molecule has 30 heavy (non-hydrogen) atoms. The van der Waals surface area contributed by atoms with E-state index in [-0.39, 0.29) is 12.6 Å². The van der Waals surface area contributed by atoms with Crippen molar-refractivity contribution in [2.24, 2.45) is 0 Å². The van der Waals surface area contributed by atoms with Crippen LogP contribution in [-0.4, -0.2) is 35.3 Å². The molecule has 0 amide bonds. The lowest BCUT2D eigenvalue weighted by Gasteiger charge is -2.35. The van der Waals surface area contributed by atoms with Crippen LogP contribution in [0.15, 0.2) is 48.5 Å². The number of ether oxygens (including phenoxy) is 1. The highest BCUT2D eigenvalue weighted by molar-refractivity contribution is 6.30. The van der Waals surface area contributed by atoms with Crippen molar-refractivity contribution in [3.05, 3.63) is 59.1 Å². The second kappa shape index (κ2) is 12.1. The van der Waals surface area contributed by atoms with E-state index >= 15 is 0 Å². The van der Waals surface area contributed by atoms with Crippen LogP contribution < -0.4 is 0 Å². The number of benzene rings is 2. The number of unbranched alkanes of at least 4 members (excludes halogenated alkanes) is 3. The Balaban J connectivity index is 1.43. The zero-order chi connectivity index (χ0) is 21.2. The number of aliphatic carboxylic acids is 1. The zero-order valence-electron chi connectivity index (χ0n) is 17.6. The first kappa shape index (κ1) is 22.8. The summed E-state index contributed by atoms with van der Waals surface area (Å²) in [6.07, 6.45) is 7.97.